The molecule has 3 rings (SSSR count). The number of amides is 2. The molecule has 0 fully saturated rings. The van der Waals surface area contributed by atoms with Crippen LogP contribution in [0.15, 0.2) is 36.4 Å². The van der Waals surface area contributed by atoms with E-state index < -0.39 is 0 Å². The van der Waals surface area contributed by atoms with E-state index >= 15 is 0 Å². The van der Waals surface area contributed by atoms with E-state index in [1.165, 1.54) is 11.1 Å². The van der Waals surface area contributed by atoms with E-state index in [1.54, 1.807) is 11.0 Å². The Labute approximate surface area is 148 Å². The first-order valence-electron chi connectivity index (χ1n) is 8.72. The van der Waals surface area contributed by atoms with E-state index in [1.807, 2.05) is 26.0 Å². The minimum Gasteiger partial charge on any atom is -0.346 e. The Kier molecular flexibility index (Phi) is 4.62. The van der Waals surface area contributed by atoms with Gasteiger partial charge in [-0.1, -0.05) is 23.8 Å². The molecule has 0 saturated heterocycles. The summed E-state index contributed by atoms with van der Waals surface area (Å²) >= 11 is 0. The SMILES string of the molecule is CCN1C(=O)Cc2cc(C(=O)N[C@@H](C)c3ccc(C)cc3C)ccc21. The highest BCUT2D eigenvalue weighted by molar-refractivity contribution is 6.03. The number of nitrogens with zero attached hydrogens (tertiary/aromatic N) is 1. The first kappa shape index (κ1) is 17.2. The Morgan fingerprint density at radius 3 is 2.64 bits per heavy atom. The third kappa shape index (κ3) is 3.29. The quantitative estimate of drug-likeness (QED) is 0.925. The van der Waals surface area contributed by atoms with Crippen molar-refractivity contribution in [2.75, 3.05) is 11.4 Å². The zero-order valence-corrected chi connectivity index (χ0v) is 15.2. The summed E-state index contributed by atoms with van der Waals surface area (Å²) in [6.07, 6.45) is 0.372. The molecule has 2 aromatic carbocycles. The molecule has 4 heteroatoms. The van der Waals surface area contributed by atoms with Gasteiger partial charge in [0.15, 0.2) is 0 Å². The third-order valence-electron chi connectivity index (χ3n) is 4.83. The van der Waals surface area contributed by atoms with E-state index in [-0.39, 0.29) is 17.9 Å². The molecular formula is C21H24N2O2. The maximum Gasteiger partial charge on any atom is 0.251 e. The van der Waals surface area contributed by atoms with Crippen LogP contribution in [-0.2, 0) is 11.2 Å². The summed E-state index contributed by atoms with van der Waals surface area (Å²) in [7, 11) is 0. The zero-order chi connectivity index (χ0) is 18.1. The number of likely N-dealkylation sites (N-methyl/N-ethyl adjacent to an activating group) is 1. The van der Waals surface area contributed by atoms with Gasteiger partial charge in [0.25, 0.3) is 5.91 Å². The molecular weight excluding hydrogens is 312 g/mol. The average molecular weight is 336 g/mol. The van der Waals surface area contributed by atoms with E-state index in [0.717, 1.165) is 16.8 Å². The van der Waals surface area contributed by atoms with Gasteiger partial charge in [0, 0.05) is 17.8 Å². The first-order valence-corrected chi connectivity index (χ1v) is 8.72. The van der Waals surface area contributed by atoms with Gasteiger partial charge in [-0.2, -0.15) is 0 Å². The Hall–Kier alpha value is -2.62. The molecule has 0 unspecified atom stereocenters. The van der Waals surface area contributed by atoms with Crippen LogP contribution >= 0.6 is 0 Å². The predicted octanol–water partition coefficient (Wildman–Crippen LogP) is 3.70. The topological polar surface area (TPSA) is 49.4 Å². The summed E-state index contributed by atoms with van der Waals surface area (Å²) in [5.74, 6) is -0.0172. The highest BCUT2D eigenvalue weighted by atomic mass is 16.2. The van der Waals surface area contributed by atoms with Crippen LogP contribution in [0.3, 0.4) is 0 Å². The molecule has 0 aliphatic carbocycles. The Morgan fingerprint density at radius 1 is 1.20 bits per heavy atom. The standard InChI is InChI=1S/C21H24N2O2/c1-5-23-19-9-7-16(11-17(19)12-20(23)24)21(25)22-15(4)18-8-6-13(2)10-14(18)3/h6-11,15H,5,12H2,1-4H3,(H,22,25)/t15-/m0/s1. The minimum absolute atomic E-state index is 0.0740. The summed E-state index contributed by atoms with van der Waals surface area (Å²) in [6.45, 7) is 8.72. The molecule has 1 aliphatic heterocycles. The molecule has 0 aromatic heterocycles. The van der Waals surface area contributed by atoms with Gasteiger partial charge in [0.2, 0.25) is 5.91 Å². The third-order valence-corrected chi connectivity index (χ3v) is 4.83. The van der Waals surface area contributed by atoms with E-state index in [0.29, 0.717) is 18.5 Å². The van der Waals surface area contributed by atoms with Gasteiger partial charge in [-0.15, -0.1) is 0 Å². The summed E-state index contributed by atoms with van der Waals surface area (Å²) in [4.78, 5) is 26.4. The lowest BCUT2D eigenvalue weighted by Gasteiger charge is -2.18. The fourth-order valence-corrected chi connectivity index (χ4v) is 3.54. The van der Waals surface area contributed by atoms with Crippen LogP contribution in [0.4, 0.5) is 5.69 Å². The van der Waals surface area contributed by atoms with Crippen molar-refractivity contribution < 1.29 is 9.59 Å². The lowest BCUT2D eigenvalue weighted by Crippen LogP contribution is -2.27. The second kappa shape index (κ2) is 6.71. The zero-order valence-electron chi connectivity index (χ0n) is 15.2. The monoisotopic (exact) mass is 336 g/mol. The number of anilines is 1. The van der Waals surface area contributed by atoms with Crippen LogP contribution in [0, 0.1) is 13.8 Å². The van der Waals surface area contributed by atoms with Gasteiger partial charge in [-0.05, 0) is 62.6 Å². The molecule has 0 radical (unpaired) electrons. The van der Waals surface area contributed by atoms with Gasteiger partial charge < -0.3 is 10.2 Å². The van der Waals surface area contributed by atoms with E-state index in [9.17, 15) is 9.59 Å². The molecule has 1 heterocycles. The first-order chi connectivity index (χ1) is 11.9. The van der Waals surface area contributed by atoms with Crippen LogP contribution in [-0.4, -0.2) is 18.4 Å². The van der Waals surface area contributed by atoms with Crippen LogP contribution in [0.1, 0.15) is 52.5 Å². The fraction of sp³-hybridized carbons (Fsp3) is 0.333. The highest BCUT2D eigenvalue weighted by Crippen LogP contribution is 2.29. The van der Waals surface area contributed by atoms with Crippen molar-refractivity contribution in [3.05, 3.63) is 64.2 Å². The normalized spacial score (nSPS) is 14.4. The molecule has 2 amide bonds. The largest absolute Gasteiger partial charge is 0.346 e. The maximum absolute atomic E-state index is 12.6. The van der Waals surface area contributed by atoms with Crippen molar-refractivity contribution in [1.29, 1.82) is 0 Å². The summed E-state index contributed by atoms with van der Waals surface area (Å²) in [5, 5.41) is 3.06. The number of fused-ring (bicyclic) bond motifs is 1. The van der Waals surface area contributed by atoms with Crippen LogP contribution in [0.2, 0.25) is 0 Å². The van der Waals surface area contributed by atoms with Gasteiger partial charge in [0.05, 0.1) is 12.5 Å². The highest BCUT2D eigenvalue weighted by Gasteiger charge is 2.26. The van der Waals surface area contributed by atoms with Crippen molar-refractivity contribution >= 4 is 17.5 Å². The number of rotatable bonds is 4. The van der Waals surface area contributed by atoms with Crippen LogP contribution < -0.4 is 10.2 Å². The van der Waals surface area contributed by atoms with Gasteiger partial charge >= 0.3 is 0 Å². The summed E-state index contributed by atoms with van der Waals surface area (Å²) < 4.78 is 0. The lowest BCUT2D eigenvalue weighted by atomic mass is 10.00. The van der Waals surface area contributed by atoms with Crippen molar-refractivity contribution in [3.8, 4) is 0 Å². The molecule has 0 saturated carbocycles. The Balaban J connectivity index is 1.78. The number of hydrogen-bond donors (Lipinski definition) is 1. The van der Waals surface area contributed by atoms with E-state index in [2.05, 4.69) is 37.4 Å². The molecule has 1 N–H and O–H groups in total. The van der Waals surface area contributed by atoms with Crippen LogP contribution in [0.5, 0.6) is 0 Å². The van der Waals surface area contributed by atoms with Crippen molar-refractivity contribution in [3.63, 3.8) is 0 Å². The molecule has 1 atom stereocenters. The average Bonchev–Trinajstić information content (AvgIpc) is 2.88. The van der Waals surface area contributed by atoms with E-state index in [4.69, 9.17) is 0 Å². The lowest BCUT2D eigenvalue weighted by molar-refractivity contribution is -0.117. The number of benzene rings is 2. The van der Waals surface area contributed by atoms with Gasteiger partial charge in [0.1, 0.15) is 0 Å². The second-order valence-electron chi connectivity index (χ2n) is 6.71. The molecule has 2 aromatic rings. The summed E-state index contributed by atoms with van der Waals surface area (Å²) in [6, 6.07) is 11.7. The fourth-order valence-electron chi connectivity index (χ4n) is 3.54. The second-order valence-corrected chi connectivity index (χ2v) is 6.71. The predicted molar refractivity (Wildman–Crippen MR) is 100.0 cm³/mol. The number of aryl methyl sites for hydroxylation is 2. The maximum atomic E-state index is 12.6. The summed E-state index contributed by atoms with van der Waals surface area (Å²) in [5.41, 5.74) is 5.95. The number of carbonyl (C=O) groups excluding carboxylic acids is 2. The van der Waals surface area contributed by atoms with Crippen molar-refractivity contribution in [2.24, 2.45) is 0 Å². The van der Waals surface area contributed by atoms with Gasteiger partial charge in [-0.3, -0.25) is 9.59 Å². The molecule has 1 aliphatic rings. The number of hydrogen-bond acceptors (Lipinski definition) is 2. The van der Waals surface area contributed by atoms with Crippen molar-refractivity contribution in [2.45, 2.75) is 40.2 Å². The smallest absolute Gasteiger partial charge is 0.251 e. The number of nitrogens with one attached hydrogen (secondary N) is 1. The molecule has 4 nitrogen and oxygen atoms in total. The number of carbonyl (C=O) groups is 2. The Morgan fingerprint density at radius 2 is 1.96 bits per heavy atom. The van der Waals surface area contributed by atoms with Crippen molar-refractivity contribution in [1.82, 2.24) is 5.32 Å². The minimum atomic E-state index is -0.113. The molecule has 130 valence electrons. The molecule has 0 spiro atoms. The molecule has 0 bridgehead atoms. The van der Waals surface area contributed by atoms with Gasteiger partial charge in [-0.25, -0.2) is 0 Å². The molecule has 25 heavy (non-hydrogen) atoms. The van der Waals surface area contributed by atoms with Crippen LogP contribution in [0.25, 0.3) is 0 Å². The Bertz CT molecular complexity index is 842.